The predicted molar refractivity (Wildman–Crippen MR) is 164 cm³/mol. The lowest BCUT2D eigenvalue weighted by Crippen LogP contribution is -2.29. The van der Waals surface area contributed by atoms with Gasteiger partial charge in [0.15, 0.2) is 11.3 Å². The van der Waals surface area contributed by atoms with Crippen molar-refractivity contribution in [3.8, 4) is 33.6 Å². The molecule has 0 atom stereocenters. The fourth-order valence-corrected chi connectivity index (χ4v) is 5.99. The fourth-order valence-electron chi connectivity index (χ4n) is 5.99. The average molecular weight is 525 g/mol. The highest BCUT2D eigenvalue weighted by molar-refractivity contribution is 6.16. The van der Waals surface area contributed by atoms with E-state index in [9.17, 15) is 0 Å². The van der Waals surface area contributed by atoms with E-state index in [4.69, 9.17) is 11.0 Å². The van der Waals surface area contributed by atoms with Crippen LogP contribution in [0.4, 0.5) is 5.69 Å². The lowest BCUT2D eigenvalue weighted by molar-refractivity contribution is -0.659. The molecule has 40 heavy (non-hydrogen) atoms. The van der Waals surface area contributed by atoms with E-state index in [-0.39, 0.29) is 5.41 Å². The minimum Gasteiger partial charge on any atom is -0.456 e. The zero-order valence-electron chi connectivity index (χ0n) is 24.0. The first-order chi connectivity index (χ1) is 19.2. The first-order valence-electron chi connectivity index (χ1n) is 13.7. The summed E-state index contributed by atoms with van der Waals surface area (Å²) in [6.45, 7) is 17.0. The number of aryl methyl sites for hydroxylation is 3. The molecule has 198 valence electrons. The van der Waals surface area contributed by atoms with Gasteiger partial charge in [0, 0.05) is 16.3 Å². The summed E-state index contributed by atoms with van der Waals surface area (Å²) in [5.41, 5.74) is 10.1. The molecule has 2 heterocycles. The van der Waals surface area contributed by atoms with E-state index in [0.29, 0.717) is 5.69 Å². The van der Waals surface area contributed by atoms with Crippen LogP contribution in [0.1, 0.15) is 31.9 Å². The Morgan fingerprint density at radius 3 is 2.17 bits per heavy atom. The molecule has 0 saturated carbocycles. The maximum atomic E-state index is 8.00. The number of aromatic nitrogens is 2. The molecule has 0 aliphatic rings. The highest BCUT2D eigenvalue weighted by atomic mass is 16.3. The molecule has 4 aromatic carbocycles. The summed E-state index contributed by atoms with van der Waals surface area (Å²) >= 11 is 0. The lowest BCUT2D eigenvalue weighted by atomic mass is 9.84. The maximum Gasteiger partial charge on any atom is 0.292 e. The molecule has 0 N–H and O–H groups in total. The Balaban J connectivity index is 1.68. The molecule has 2 aromatic heterocycles. The van der Waals surface area contributed by atoms with Gasteiger partial charge in [-0.25, -0.2) is 14.0 Å². The van der Waals surface area contributed by atoms with E-state index in [1.807, 2.05) is 12.1 Å². The van der Waals surface area contributed by atoms with E-state index >= 15 is 0 Å². The maximum absolute atomic E-state index is 8.00. The molecule has 0 bridgehead atoms. The fraction of sp³-hybridized carbons (Fsp3) is 0.222. The van der Waals surface area contributed by atoms with Crippen LogP contribution in [0, 0.1) is 18.9 Å². The SMILES string of the molecule is [C-]#[N+]c1ccc2c(oc3c(-c4n(C)cc[n+]4C)c(C)cc(CC(C)(C)C)c32)c1-c1ccc(-c2ccccc2)cc1. The number of fused-ring (bicyclic) bond motifs is 3. The lowest BCUT2D eigenvalue weighted by Gasteiger charge is -2.20. The third-order valence-electron chi connectivity index (χ3n) is 7.70. The van der Waals surface area contributed by atoms with Gasteiger partial charge in [-0.05, 0) is 46.6 Å². The Morgan fingerprint density at radius 2 is 1.55 bits per heavy atom. The molecule has 0 aliphatic heterocycles. The topological polar surface area (TPSA) is 26.3 Å². The molecule has 0 spiro atoms. The standard InChI is InChI=1S/C36H34N3O/c1-23-21-27(22-36(2,3)4)31-28-17-18-29(37-5)32(26-15-13-25(14-16-26)24-11-9-8-10-12-24)33(28)40-34(31)30(23)35-38(6)19-20-39(35)7/h8-21H,22H2,1-4,6-7H3/q+1. The minimum absolute atomic E-state index is 0.104. The largest absolute Gasteiger partial charge is 0.456 e. The number of rotatable bonds is 4. The van der Waals surface area contributed by atoms with Crippen molar-refractivity contribution in [1.82, 2.24) is 4.57 Å². The van der Waals surface area contributed by atoms with Gasteiger partial charge in [-0.15, -0.1) is 0 Å². The van der Waals surface area contributed by atoms with Crippen LogP contribution in [0.15, 0.2) is 89.6 Å². The summed E-state index contributed by atoms with van der Waals surface area (Å²) in [6, 6.07) is 25.2. The normalized spacial score (nSPS) is 11.8. The summed E-state index contributed by atoms with van der Waals surface area (Å²) in [7, 11) is 4.15. The average Bonchev–Trinajstić information content (AvgIpc) is 3.48. The van der Waals surface area contributed by atoms with Crippen LogP contribution in [-0.2, 0) is 20.5 Å². The number of hydrogen-bond acceptors (Lipinski definition) is 1. The van der Waals surface area contributed by atoms with E-state index in [1.165, 1.54) is 16.7 Å². The van der Waals surface area contributed by atoms with Crippen molar-refractivity contribution < 1.29 is 8.98 Å². The molecule has 6 rings (SSSR count). The Labute approximate surface area is 235 Å². The van der Waals surface area contributed by atoms with Gasteiger partial charge in [0.25, 0.3) is 5.82 Å². The second-order valence-corrected chi connectivity index (χ2v) is 12.0. The van der Waals surface area contributed by atoms with Crippen LogP contribution in [0.2, 0.25) is 0 Å². The van der Waals surface area contributed by atoms with Gasteiger partial charge in [0.1, 0.15) is 23.5 Å². The smallest absolute Gasteiger partial charge is 0.292 e. The quantitative estimate of drug-likeness (QED) is 0.167. The molecule has 4 nitrogen and oxygen atoms in total. The molecular formula is C36H34N3O+. The van der Waals surface area contributed by atoms with E-state index in [0.717, 1.165) is 56.4 Å². The van der Waals surface area contributed by atoms with Crippen molar-refractivity contribution in [2.45, 2.75) is 34.1 Å². The van der Waals surface area contributed by atoms with Crippen LogP contribution in [0.5, 0.6) is 0 Å². The van der Waals surface area contributed by atoms with Crippen molar-refractivity contribution in [3.63, 3.8) is 0 Å². The van der Waals surface area contributed by atoms with Crippen molar-refractivity contribution >= 4 is 27.6 Å². The van der Waals surface area contributed by atoms with Crippen molar-refractivity contribution in [1.29, 1.82) is 0 Å². The Bertz CT molecular complexity index is 1910. The van der Waals surface area contributed by atoms with Crippen LogP contribution in [0.25, 0.3) is 60.4 Å². The van der Waals surface area contributed by atoms with Crippen LogP contribution < -0.4 is 4.57 Å². The first kappa shape index (κ1) is 25.6. The molecule has 0 fully saturated rings. The third kappa shape index (κ3) is 4.28. The van der Waals surface area contributed by atoms with Crippen LogP contribution in [0.3, 0.4) is 0 Å². The van der Waals surface area contributed by atoms with Gasteiger partial charge >= 0.3 is 0 Å². The van der Waals surface area contributed by atoms with Crippen molar-refractivity contribution in [3.05, 3.63) is 108 Å². The number of nitrogens with zero attached hydrogens (tertiary/aromatic N) is 3. The zero-order valence-corrected chi connectivity index (χ0v) is 24.0. The van der Waals surface area contributed by atoms with Gasteiger partial charge < -0.3 is 4.42 Å². The predicted octanol–water partition coefficient (Wildman–Crippen LogP) is 9.20. The highest BCUT2D eigenvalue weighted by Crippen LogP contribution is 2.46. The molecule has 6 aromatic rings. The number of furan rings is 1. The van der Waals surface area contributed by atoms with Crippen molar-refractivity contribution in [2.75, 3.05) is 0 Å². The van der Waals surface area contributed by atoms with Gasteiger partial charge in [-0.1, -0.05) is 93.6 Å². The van der Waals surface area contributed by atoms with E-state index < -0.39 is 0 Å². The summed E-state index contributed by atoms with van der Waals surface area (Å²) in [4.78, 5) is 3.93. The number of imidazole rings is 1. The second-order valence-electron chi connectivity index (χ2n) is 12.0. The van der Waals surface area contributed by atoms with E-state index in [1.54, 1.807) is 0 Å². The van der Waals surface area contributed by atoms with Gasteiger partial charge in [-0.3, -0.25) is 0 Å². The summed E-state index contributed by atoms with van der Waals surface area (Å²) in [6.07, 6.45) is 5.07. The van der Waals surface area contributed by atoms with Crippen molar-refractivity contribution in [2.24, 2.45) is 19.5 Å². The van der Waals surface area contributed by atoms with E-state index in [2.05, 4.69) is 129 Å². The first-order valence-corrected chi connectivity index (χ1v) is 13.7. The molecule has 0 unspecified atom stereocenters. The third-order valence-corrected chi connectivity index (χ3v) is 7.70. The second kappa shape index (κ2) is 9.54. The minimum atomic E-state index is 0.104. The molecule has 0 amide bonds. The number of hydrogen-bond donors (Lipinski definition) is 0. The molecule has 0 saturated heterocycles. The molecular weight excluding hydrogens is 490 g/mol. The van der Waals surface area contributed by atoms with Crippen LogP contribution in [-0.4, -0.2) is 4.57 Å². The Hall–Kier alpha value is -4.62. The Kier molecular flexibility index (Phi) is 6.11. The number of benzene rings is 4. The monoisotopic (exact) mass is 524 g/mol. The Morgan fingerprint density at radius 1 is 0.875 bits per heavy atom. The van der Waals surface area contributed by atoms with Crippen LogP contribution >= 0.6 is 0 Å². The summed E-state index contributed by atoms with van der Waals surface area (Å²) < 4.78 is 11.2. The molecule has 4 heteroatoms. The summed E-state index contributed by atoms with van der Waals surface area (Å²) in [5, 5.41) is 2.20. The van der Waals surface area contributed by atoms with Gasteiger partial charge in [0.2, 0.25) is 0 Å². The molecule has 0 radical (unpaired) electrons. The van der Waals surface area contributed by atoms with Gasteiger partial charge in [0.05, 0.1) is 20.7 Å². The summed E-state index contributed by atoms with van der Waals surface area (Å²) in [5.74, 6) is 1.09. The zero-order chi connectivity index (χ0) is 28.2. The molecule has 0 aliphatic carbocycles. The highest BCUT2D eigenvalue weighted by Gasteiger charge is 2.28. The van der Waals surface area contributed by atoms with Gasteiger partial charge in [-0.2, -0.15) is 0 Å².